The third-order valence-corrected chi connectivity index (χ3v) is 3.06. The van der Waals surface area contributed by atoms with Crippen molar-refractivity contribution in [2.75, 3.05) is 0 Å². The van der Waals surface area contributed by atoms with E-state index in [4.69, 9.17) is 4.74 Å². The van der Waals surface area contributed by atoms with Crippen LogP contribution in [0.25, 0.3) is 0 Å². The van der Waals surface area contributed by atoms with Crippen LogP contribution >= 0.6 is 0 Å². The third-order valence-electron chi connectivity index (χ3n) is 3.06. The largest absolute Gasteiger partial charge is 0.454 e. The van der Waals surface area contributed by atoms with Crippen LogP contribution in [0, 0.1) is 0 Å². The Kier molecular flexibility index (Phi) is 2.41. The first-order valence-corrected chi connectivity index (χ1v) is 5.68. The van der Waals surface area contributed by atoms with Crippen molar-refractivity contribution in [2.24, 2.45) is 0 Å². The smallest absolute Gasteiger partial charge is 0.339 e. The lowest BCUT2D eigenvalue weighted by atomic mass is 9.95. The maximum atomic E-state index is 11.8. The van der Waals surface area contributed by atoms with Crippen LogP contribution in [-0.2, 0) is 11.2 Å². The van der Waals surface area contributed by atoms with Crippen molar-refractivity contribution in [1.29, 1.82) is 0 Å². The summed E-state index contributed by atoms with van der Waals surface area (Å²) in [6.07, 6.45) is 0.602. The van der Waals surface area contributed by atoms with Gasteiger partial charge in [0.15, 0.2) is 0 Å². The minimum atomic E-state index is -0.222. The number of hydrogen-bond acceptors (Lipinski definition) is 2. The van der Waals surface area contributed by atoms with E-state index >= 15 is 0 Å². The summed E-state index contributed by atoms with van der Waals surface area (Å²) in [4.78, 5) is 11.8. The standard InChI is InChI=1S/C15H12O2/c16-15-13-9-5-4-8-12(13)10-14(17-15)11-6-2-1-3-7-11/h1-9,14H,10H2/t14-/m0/s1. The maximum Gasteiger partial charge on any atom is 0.339 e. The minimum Gasteiger partial charge on any atom is -0.454 e. The van der Waals surface area contributed by atoms with Gasteiger partial charge < -0.3 is 4.74 Å². The number of esters is 1. The van der Waals surface area contributed by atoms with E-state index in [0.717, 1.165) is 17.5 Å². The van der Waals surface area contributed by atoms with Gasteiger partial charge in [-0.1, -0.05) is 48.5 Å². The highest BCUT2D eigenvalue weighted by Crippen LogP contribution is 2.29. The molecular weight excluding hydrogens is 212 g/mol. The van der Waals surface area contributed by atoms with Crippen molar-refractivity contribution in [3.8, 4) is 0 Å². The van der Waals surface area contributed by atoms with Gasteiger partial charge in [-0.3, -0.25) is 0 Å². The summed E-state index contributed by atoms with van der Waals surface area (Å²) >= 11 is 0. The summed E-state index contributed by atoms with van der Waals surface area (Å²) in [6, 6.07) is 17.5. The van der Waals surface area contributed by atoms with E-state index in [0.29, 0.717) is 5.56 Å². The van der Waals surface area contributed by atoms with E-state index in [1.165, 1.54) is 0 Å². The van der Waals surface area contributed by atoms with Crippen molar-refractivity contribution < 1.29 is 9.53 Å². The summed E-state index contributed by atoms with van der Waals surface area (Å²) in [5.41, 5.74) is 2.81. The molecule has 1 aliphatic rings. The van der Waals surface area contributed by atoms with Crippen LogP contribution in [-0.4, -0.2) is 5.97 Å². The molecule has 0 radical (unpaired) electrons. The molecule has 0 saturated carbocycles. The monoisotopic (exact) mass is 224 g/mol. The Labute approximate surface area is 99.9 Å². The molecule has 2 aromatic carbocycles. The van der Waals surface area contributed by atoms with E-state index < -0.39 is 0 Å². The van der Waals surface area contributed by atoms with Gasteiger partial charge in [0.1, 0.15) is 6.10 Å². The average molecular weight is 224 g/mol. The molecule has 0 amide bonds. The van der Waals surface area contributed by atoms with Gasteiger partial charge in [0, 0.05) is 6.42 Å². The normalized spacial score (nSPS) is 18.4. The van der Waals surface area contributed by atoms with Gasteiger partial charge >= 0.3 is 5.97 Å². The number of cyclic esters (lactones) is 1. The van der Waals surface area contributed by atoms with Gasteiger partial charge in [0.25, 0.3) is 0 Å². The molecule has 1 atom stereocenters. The summed E-state index contributed by atoms with van der Waals surface area (Å²) < 4.78 is 5.46. The van der Waals surface area contributed by atoms with Crippen LogP contribution in [0.2, 0.25) is 0 Å². The molecule has 84 valence electrons. The van der Waals surface area contributed by atoms with E-state index in [1.807, 2.05) is 54.6 Å². The van der Waals surface area contributed by atoms with Crippen LogP contribution in [0.15, 0.2) is 54.6 Å². The number of hydrogen-bond donors (Lipinski definition) is 0. The van der Waals surface area contributed by atoms with Gasteiger partial charge in [0.05, 0.1) is 5.56 Å². The number of carbonyl (C=O) groups is 1. The van der Waals surface area contributed by atoms with Gasteiger partial charge in [-0.15, -0.1) is 0 Å². The van der Waals surface area contributed by atoms with Crippen molar-refractivity contribution >= 4 is 5.97 Å². The third kappa shape index (κ3) is 1.82. The highest BCUT2D eigenvalue weighted by Gasteiger charge is 2.26. The second-order valence-corrected chi connectivity index (χ2v) is 4.17. The van der Waals surface area contributed by atoms with Crippen LogP contribution in [0.1, 0.15) is 27.6 Å². The molecule has 1 aliphatic heterocycles. The number of rotatable bonds is 1. The summed E-state index contributed by atoms with van der Waals surface area (Å²) in [5, 5.41) is 0. The highest BCUT2D eigenvalue weighted by atomic mass is 16.5. The van der Waals surface area contributed by atoms with Gasteiger partial charge in [-0.2, -0.15) is 0 Å². The molecule has 17 heavy (non-hydrogen) atoms. The fraction of sp³-hybridized carbons (Fsp3) is 0.133. The van der Waals surface area contributed by atoms with Gasteiger partial charge in [-0.25, -0.2) is 4.79 Å². The SMILES string of the molecule is O=C1O[C@H](c2ccccc2)Cc2ccccc21. The van der Waals surface area contributed by atoms with Crippen LogP contribution in [0.4, 0.5) is 0 Å². The minimum absolute atomic E-state index is 0.154. The quantitative estimate of drug-likeness (QED) is 0.695. The first kappa shape index (κ1) is 10.1. The van der Waals surface area contributed by atoms with Crippen molar-refractivity contribution in [3.05, 3.63) is 71.3 Å². The molecule has 0 bridgehead atoms. The molecule has 0 N–H and O–H groups in total. The molecule has 2 aromatic rings. The predicted octanol–water partition coefficient (Wildman–Crippen LogP) is 3.14. The van der Waals surface area contributed by atoms with Crippen LogP contribution in [0.3, 0.4) is 0 Å². The van der Waals surface area contributed by atoms with E-state index in [1.54, 1.807) is 0 Å². The fourth-order valence-corrected chi connectivity index (χ4v) is 2.19. The number of carbonyl (C=O) groups excluding carboxylic acids is 1. The topological polar surface area (TPSA) is 26.3 Å². The zero-order valence-corrected chi connectivity index (χ0v) is 9.30. The highest BCUT2D eigenvalue weighted by molar-refractivity contribution is 5.92. The molecule has 1 heterocycles. The molecule has 0 unspecified atom stereocenters. The van der Waals surface area contributed by atoms with Gasteiger partial charge in [0.2, 0.25) is 0 Å². The molecule has 0 saturated heterocycles. The first-order chi connectivity index (χ1) is 8.34. The Morgan fingerprint density at radius 2 is 1.65 bits per heavy atom. The molecule has 3 rings (SSSR count). The first-order valence-electron chi connectivity index (χ1n) is 5.68. The maximum absolute atomic E-state index is 11.8. The van der Waals surface area contributed by atoms with Crippen molar-refractivity contribution in [2.45, 2.75) is 12.5 Å². The second-order valence-electron chi connectivity index (χ2n) is 4.17. The zero-order chi connectivity index (χ0) is 11.7. The lowest BCUT2D eigenvalue weighted by Crippen LogP contribution is -2.21. The number of fused-ring (bicyclic) bond motifs is 1. The molecule has 0 fully saturated rings. The predicted molar refractivity (Wildman–Crippen MR) is 64.7 cm³/mol. The Morgan fingerprint density at radius 1 is 0.941 bits per heavy atom. The number of benzene rings is 2. The summed E-state index contributed by atoms with van der Waals surface area (Å²) in [6.45, 7) is 0. The lowest BCUT2D eigenvalue weighted by Gasteiger charge is -2.24. The fourth-order valence-electron chi connectivity index (χ4n) is 2.19. The molecule has 0 spiro atoms. The molecule has 2 heteroatoms. The molecule has 2 nitrogen and oxygen atoms in total. The number of ether oxygens (including phenoxy) is 1. The van der Waals surface area contributed by atoms with Crippen LogP contribution < -0.4 is 0 Å². The van der Waals surface area contributed by atoms with E-state index in [2.05, 4.69) is 0 Å². The Hall–Kier alpha value is -2.09. The lowest BCUT2D eigenvalue weighted by molar-refractivity contribution is 0.0253. The van der Waals surface area contributed by atoms with Crippen molar-refractivity contribution in [3.63, 3.8) is 0 Å². The average Bonchev–Trinajstić information content (AvgIpc) is 2.40. The summed E-state index contributed by atoms with van der Waals surface area (Å²) in [5.74, 6) is -0.222. The zero-order valence-electron chi connectivity index (χ0n) is 9.30. The molecule has 0 aliphatic carbocycles. The Balaban J connectivity index is 1.97. The molecular formula is C15H12O2. The summed E-state index contributed by atoms with van der Waals surface area (Å²) in [7, 11) is 0. The Morgan fingerprint density at radius 3 is 2.47 bits per heavy atom. The van der Waals surface area contributed by atoms with Gasteiger partial charge in [-0.05, 0) is 17.2 Å². The van der Waals surface area contributed by atoms with E-state index in [-0.39, 0.29) is 12.1 Å². The van der Waals surface area contributed by atoms with Crippen molar-refractivity contribution in [1.82, 2.24) is 0 Å². The van der Waals surface area contributed by atoms with Crippen LogP contribution in [0.5, 0.6) is 0 Å². The van der Waals surface area contributed by atoms with E-state index in [9.17, 15) is 4.79 Å². The molecule has 0 aromatic heterocycles. The Bertz CT molecular complexity index is 546. The second kappa shape index (κ2) is 4.06.